The second-order valence-electron chi connectivity index (χ2n) is 13.7. The van der Waals surface area contributed by atoms with Crippen LogP contribution in [0.4, 0.5) is 0 Å². The molecular weight excluding hydrogens is 340 g/mol. The largest absolute Gasteiger partial charge is 0.371 e. The molecule has 28 heavy (non-hydrogen) atoms. The van der Waals surface area contributed by atoms with Crippen molar-refractivity contribution in [3.05, 3.63) is 0 Å². The van der Waals surface area contributed by atoms with Gasteiger partial charge >= 0.3 is 0 Å². The van der Waals surface area contributed by atoms with Crippen LogP contribution in [0.1, 0.15) is 108 Å². The maximum Gasteiger partial charge on any atom is 0.0663 e. The molecule has 1 aliphatic heterocycles. The lowest BCUT2D eigenvalue weighted by atomic mass is 9.54. The average Bonchev–Trinajstić information content (AvgIpc) is 2.53. The van der Waals surface area contributed by atoms with Crippen molar-refractivity contribution in [3.63, 3.8) is 0 Å². The van der Waals surface area contributed by atoms with Gasteiger partial charge in [-0.15, -0.1) is 0 Å². The average molecular weight is 391 g/mol. The van der Waals surface area contributed by atoms with Gasteiger partial charge in [0.2, 0.25) is 0 Å². The quantitative estimate of drug-likeness (QED) is 0.441. The van der Waals surface area contributed by atoms with Crippen molar-refractivity contribution >= 4 is 0 Å². The lowest BCUT2D eigenvalue weighted by Crippen LogP contribution is -2.59. The van der Waals surface area contributed by atoms with Gasteiger partial charge < -0.3 is 4.74 Å². The molecule has 1 heterocycles. The topological polar surface area (TPSA) is 9.23 Å². The van der Waals surface area contributed by atoms with Crippen molar-refractivity contribution in [2.75, 3.05) is 0 Å². The first-order valence-corrected chi connectivity index (χ1v) is 12.4. The zero-order chi connectivity index (χ0) is 21.1. The van der Waals surface area contributed by atoms with Crippen LogP contribution in [0.5, 0.6) is 0 Å². The molecule has 2 saturated carbocycles. The standard InChI is InChI=1S/C27H50O/c1-17-14-15-19(16-22(17)26(6,7)8)23-18(2)20-12-11-13-21(25(3,4)5)24(20)28-27(23,9)10/h17-24H,11-16H2,1-10H3. The maximum absolute atomic E-state index is 7.10. The molecule has 164 valence electrons. The van der Waals surface area contributed by atoms with Gasteiger partial charge in [-0.05, 0) is 91.8 Å². The molecule has 0 aromatic rings. The SMILES string of the molecule is CC1CCC(C2C(C)C3CCCC(C(C)(C)C)C3OC2(C)C)CC1C(C)(C)C. The Bertz CT molecular complexity index is 533. The molecule has 3 rings (SSSR count). The van der Waals surface area contributed by atoms with Crippen molar-refractivity contribution in [1.82, 2.24) is 0 Å². The van der Waals surface area contributed by atoms with E-state index in [-0.39, 0.29) is 5.60 Å². The first-order chi connectivity index (χ1) is 12.7. The Morgan fingerprint density at radius 3 is 1.96 bits per heavy atom. The van der Waals surface area contributed by atoms with Crippen LogP contribution in [0.2, 0.25) is 0 Å². The minimum Gasteiger partial charge on any atom is -0.371 e. The highest BCUT2D eigenvalue weighted by atomic mass is 16.5. The highest BCUT2D eigenvalue weighted by Crippen LogP contribution is 2.57. The van der Waals surface area contributed by atoms with E-state index < -0.39 is 0 Å². The van der Waals surface area contributed by atoms with Crippen molar-refractivity contribution in [2.24, 2.45) is 52.3 Å². The summed E-state index contributed by atoms with van der Waals surface area (Å²) in [5.41, 5.74) is 0.782. The maximum atomic E-state index is 7.10. The molecule has 1 nitrogen and oxygen atoms in total. The van der Waals surface area contributed by atoms with Gasteiger partial charge in [0.25, 0.3) is 0 Å². The minimum atomic E-state index is 0.00903. The number of fused-ring (bicyclic) bond motifs is 1. The number of hydrogen-bond acceptors (Lipinski definition) is 1. The van der Waals surface area contributed by atoms with E-state index in [1.807, 2.05) is 0 Å². The Kier molecular flexibility index (Phi) is 6.13. The monoisotopic (exact) mass is 390 g/mol. The summed E-state index contributed by atoms with van der Waals surface area (Å²) in [7, 11) is 0. The van der Waals surface area contributed by atoms with Crippen molar-refractivity contribution in [2.45, 2.75) is 119 Å². The molecule has 0 bridgehead atoms. The molecule has 0 aromatic heterocycles. The van der Waals surface area contributed by atoms with Gasteiger partial charge in [0.05, 0.1) is 11.7 Å². The van der Waals surface area contributed by atoms with Crippen LogP contribution in [-0.2, 0) is 4.74 Å². The molecule has 0 spiro atoms. The van der Waals surface area contributed by atoms with E-state index in [0.29, 0.717) is 28.8 Å². The molecule has 1 heteroatoms. The molecule has 0 aromatic carbocycles. The van der Waals surface area contributed by atoms with Crippen molar-refractivity contribution in [1.29, 1.82) is 0 Å². The lowest BCUT2D eigenvalue weighted by Gasteiger charge is -2.59. The highest BCUT2D eigenvalue weighted by Gasteiger charge is 2.55. The first kappa shape index (κ1) is 22.6. The second kappa shape index (κ2) is 7.58. The molecule has 0 N–H and O–H groups in total. The predicted molar refractivity (Wildman–Crippen MR) is 121 cm³/mol. The van der Waals surface area contributed by atoms with Gasteiger partial charge in [0.15, 0.2) is 0 Å². The molecule has 3 aliphatic rings. The third-order valence-corrected chi connectivity index (χ3v) is 9.32. The lowest BCUT2D eigenvalue weighted by molar-refractivity contribution is -0.244. The van der Waals surface area contributed by atoms with Gasteiger partial charge in [0, 0.05) is 0 Å². The Morgan fingerprint density at radius 2 is 1.39 bits per heavy atom. The van der Waals surface area contributed by atoms with E-state index in [9.17, 15) is 0 Å². The summed E-state index contributed by atoms with van der Waals surface area (Å²) >= 11 is 0. The fraction of sp³-hybridized carbons (Fsp3) is 1.00. The number of rotatable bonds is 1. The minimum absolute atomic E-state index is 0.00903. The predicted octanol–water partition coefficient (Wildman–Crippen LogP) is 7.98. The van der Waals surface area contributed by atoms with Crippen LogP contribution < -0.4 is 0 Å². The summed E-state index contributed by atoms with van der Waals surface area (Å²) in [5.74, 6) is 5.53. The van der Waals surface area contributed by atoms with E-state index >= 15 is 0 Å². The summed E-state index contributed by atoms with van der Waals surface area (Å²) in [6.45, 7) is 24.7. The van der Waals surface area contributed by atoms with Crippen molar-refractivity contribution < 1.29 is 4.74 Å². The highest BCUT2D eigenvalue weighted by molar-refractivity contribution is 5.03. The summed E-state index contributed by atoms with van der Waals surface area (Å²) < 4.78 is 7.10. The zero-order valence-electron chi connectivity index (χ0n) is 20.8. The van der Waals surface area contributed by atoms with Crippen LogP contribution in [0, 0.1) is 52.3 Å². The zero-order valence-corrected chi connectivity index (χ0v) is 20.8. The van der Waals surface area contributed by atoms with Crippen molar-refractivity contribution in [3.8, 4) is 0 Å². The Labute approximate surface area is 176 Å². The third kappa shape index (κ3) is 4.21. The molecule has 0 radical (unpaired) electrons. The summed E-state index contributed by atoms with van der Waals surface area (Å²) in [5, 5.41) is 0. The van der Waals surface area contributed by atoms with Crippen LogP contribution in [0.3, 0.4) is 0 Å². The Balaban J connectivity index is 1.85. The van der Waals surface area contributed by atoms with Crippen LogP contribution in [-0.4, -0.2) is 11.7 Å². The van der Waals surface area contributed by atoms with Gasteiger partial charge in [0.1, 0.15) is 0 Å². The molecule has 3 fully saturated rings. The molecule has 1 saturated heterocycles. The Hall–Kier alpha value is -0.0400. The van der Waals surface area contributed by atoms with E-state index in [1.54, 1.807) is 0 Å². The van der Waals surface area contributed by atoms with Crippen LogP contribution in [0.25, 0.3) is 0 Å². The van der Waals surface area contributed by atoms with Gasteiger partial charge in [-0.2, -0.15) is 0 Å². The normalized spacial score (nSPS) is 44.8. The van der Waals surface area contributed by atoms with E-state index in [1.165, 1.54) is 38.5 Å². The van der Waals surface area contributed by atoms with Gasteiger partial charge in [-0.25, -0.2) is 0 Å². The molecule has 2 aliphatic carbocycles. The number of ether oxygens (including phenoxy) is 1. The molecule has 8 unspecified atom stereocenters. The molecule has 8 atom stereocenters. The molecule has 0 amide bonds. The van der Waals surface area contributed by atoms with E-state index in [0.717, 1.165) is 29.6 Å². The Morgan fingerprint density at radius 1 is 0.786 bits per heavy atom. The van der Waals surface area contributed by atoms with Crippen LogP contribution >= 0.6 is 0 Å². The second-order valence-corrected chi connectivity index (χ2v) is 13.7. The van der Waals surface area contributed by atoms with E-state index in [4.69, 9.17) is 4.74 Å². The number of hydrogen-bond donors (Lipinski definition) is 0. The first-order valence-electron chi connectivity index (χ1n) is 12.4. The molecular formula is C27H50O. The summed E-state index contributed by atoms with van der Waals surface area (Å²) in [6, 6.07) is 0. The smallest absolute Gasteiger partial charge is 0.0663 e. The summed E-state index contributed by atoms with van der Waals surface area (Å²) in [6.07, 6.45) is 8.83. The summed E-state index contributed by atoms with van der Waals surface area (Å²) in [4.78, 5) is 0. The van der Waals surface area contributed by atoms with Gasteiger partial charge in [-0.3, -0.25) is 0 Å². The van der Waals surface area contributed by atoms with Gasteiger partial charge in [-0.1, -0.05) is 68.2 Å². The van der Waals surface area contributed by atoms with Crippen LogP contribution in [0.15, 0.2) is 0 Å². The van der Waals surface area contributed by atoms with E-state index in [2.05, 4.69) is 69.2 Å². The fourth-order valence-corrected chi connectivity index (χ4v) is 8.07. The third-order valence-electron chi connectivity index (χ3n) is 9.32. The fourth-order valence-electron chi connectivity index (χ4n) is 8.07.